The molecule has 4 rings (SSSR count). The van der Waals surface area contributed by atoms with Gasteiger partial charge in [-0.25, -0.2) is 12.8 Å². The van der Waals surface area contributed by atoms with Crippen molar-refractivity contribution >= 4 is 15.7 Å². The van der Waals surface area contributed by atoms with E-state index in [1.54, 1.807) is 48.5 Å². The summed E-state index contributed by atoms with van der Waals surface area (Å²) in [7, 11) is -3.77. The van der Waals surface area contributed by atoms with Gasteiger partial charge in [0, 0.05) is 18.7 Å². The highest BCUT2D eigenvalue weighted by molar-refractivity contribution is 7.92. The Kier molecular flexibility index (Phi) is 5.92. The van der Waals surface area contributed by atoms with Crippen LogP contribution >= 0.6 is 0 Å². The maximum atomic E-state index is 14.7. The van der Waals surface area contributed by atoms with Crippen LogP contribution in [0.3, 0.4) is 0 Å². The Labute approximate surface area is 183 Å². The van der Waals surface area contributed by atoms with Crippen molar-refractivity contribution in [3.05, 3.63) is 66.0 Å². The lowest BCUT2D eigenvalue weighted by atomic mass is 9.84. The molecule has 0 saturated carbocycles. The van der Waals surface area contributed by atoms with E-state index >= 15 is 0 Å². The predicted octanol–water partition coefficient (Wildman–Crippen LogP) is 3.72. The van der Waals surface area contributed by atoms with Gasteiger partial charge >= 0.3 is 0 Å². The van der Waals surface area contributed by atoms with Gasteiger partial charge in [-0.3, -0.25) is 10.1 Å². The molecule has 5 nitrogen and oxygen atoms in total. The van der Waals surface area contributed by atoms with Gasteiger partial charge in [0.25, 0.3) is 0 Å². The van der Waals surface area contributed by atoms with Gasteiger partial charge in [-0.2, -0.15) is 0 Å². The third-order valence-electron chi connectivity index (χ3n) is 6.44. The summed E-state index contributed by atoms with van der Waals surface area (Å²) in [5.74, 6) is -0.569. The molecule has 3 atom stereocenters. The molecule has 2 aromatic carbocycles. The Morgan fingerprint density at radius 3 is 2.45 bits per heavy atom. The summed E-state index contributed by atoms with van der Waals surface area (Å²) >= 11 is 0. The molecule has 166 valence electrons. The molecule has 2 aliphatic heterocycles. The molecule has 2 aliphatic rings. The highest BCUT2D eigenvalue weighted by Gasteiger charge is 2.47. The Morgan fingerprint density at radius 2 is 1.77 bits per heavy atom. The number of halogens is 1. The lowest BCUT2D eigenvalue weighted by Crippen LogP contribution is -2.50. The van der Waals surface area contributed by atoms with Crippen molar-refractivity contribution in [1.29, 1.82) is 0 Å². The van der Waals surface area contributed by atoms with Gasteiger partial charge < -0.3 is 4.90 Å². The number of nitrogens with one attached hydrogen (secondary N) is 1. The van der Waals surface area contributed by atoms with Crippen molar-refractivity contribution in [2.24, 2.45) is 5.41 Å². The standard InChI is InChI=1S/C24H29FN2O3S/c1-24(2)13-8-14-27(16-24)23(28)20-15-21(31(29,30)17-9-4-3-5-10-17)22(26-20)18-11-6-7-12-19(18)25/h3-7,9-12,20-22,26H,8,13-16H2,1-2H3. The molecule has 3 unspecified atom stereocenters. The lowest BCUT2D eigenvalue weighted by Gasteiger charge is -2.39. The van der Waals surface area contributed by atoms with Crippen LogP contribution in [0.2, 0.25) is 0 Å². The number of carbonyl (C=O) groups excluding carboxylic acids is 1. The zero-order valence-electron chi connectivity index (χ0n) is 17.9. The first-order valence-corrected chi connectivity index (χ1v) is 12.3. The van der Waals surface area contributed by atoms with E-state index in [0.717, 1.165) is 12.8 Å². The average Bonchev–Trinajstić information content (AvgIpc) is 3.19. The van der Waals surface area contributed by atoms with Gasteiger partial charge in [0.05, 0.1) is 22.2 Å². The van der Waals surface area contributed by atoms with E-state index in [9.17, 15) is 17.6 Å². The summed E-state index contributed by atoms with van der Waals surface area (Å²) < 4.78 is 41.6. The maximum Gasteiger partial charge on any atom is 0.239 e. The molecule has 31 heavy (non-hydrogen) atoms. The van der Waals surface area contributed by atoms with Gasteiger partial charge in [0.15, 0.2) is 9.84 Å². The quantitative estimate of drug-likeness (QED) is 0.781. The zero-order valence-corrected chi connectivity index (χ0v) is 18.7. The summed E-state index contributed by atoms with van der Waals surface area (Å²) in [4.78, 5) is 15.4. The molecule has 0 aromatic heterocycles. The van der Waals surface area contributed by atoms with Crippen LogP contribution < -0.4 is 5.32 Å². The van der Waals surface area contributed by atoms with Gasteiger partial charge in [0.2, 0.25) is 5.91 Å². The molecule has 0 radical (unpaired) electrons. The number of amides is 1. The molecule has 7 heteroatoms. The Balaban J connectivity index is 1.67. The number of piperidine rings is 1. The Bertz CT molecular complexity index is 1060. The molecular weight excluding hydrogens is 415 g/mol. The summed E-state index contributed by atoms with van der Waals surface area (Å²) in [6, 6.07) is 12.9. The van der Waals surface area contributed by atoms with Crippen LogP contribution in [0, 0.1) is 11.2 Å². The third kappa shape index (κ3) is 4.39. The first kappa shape index (κ1) is 22.0. The first-order valence-electron chi connectivity index (χ1n) is 10.8. The van der Waals surface area contributed by atoms with Crippen LogP contribution in [-0.2, 0) is 14.6 Å². The molecule has 2 fully saturated rings. The molecule has 0 aliphatic carbocycles. The fourth-order valence-electron chi connectivity index (χ4n) is 4.87. The SMILES string of the molecule is CC1(C)CCCN(C(=O)C2CC(S(=O)(=O)c3ccccc3)C(c3ccccc3F)N2)C1. The van der Waals surface area contributed by atoms with E-state index in [4.69, 9.17) is 0 Å². The van der Waals surface area contributed by atoms with Crippen LogP contribution in [0.1, 0.15) is 44.7 Å². The monoisotopic (exact) mass is 444 g/mol. The Hall–Kier alpha value is -2.25. The summed E-state index contributed by atoms with van der Waals surface area (Å²) in [5.41, 5.74) is 0.314. The number of rotatable bonds is 4. The minimum atomic E-state index is -3.77. The molecule has 1 amide bonds. The summed E-state index contributed by atoms with van der Waals surface area (Å²) in [6.07, 6.45) is 2.09. The number of benzene rings is 2. The van der Waals surface area contributed by atoms with Crippen molar-refractivity contribution in [3.63, 3.8) is 0 Å². The Morgan fingerprint density at radius 1 is 1.10 bits per heavy atom. The molecule has 0 spiro atoms. The van der Waals surface area contributed by atoms with Crippen molar-refractivity contribution in [3.8, 4) is 0 Å². The molecule has 2 saturated heterocycles. The minimum Gasteiger partial charge on any atom is -0.341 e. The van der Waals surface area contributed by atoms with Gasteiger partial charge in [-0.05, 0) is 42.9 Å². The van der Waals surface area contributed by atoms with E-state index in [1.165, 1.54) is 6.07 Å². The second-order valence-electron chi connectivity index (χ2n) is 9.38. The van der Waals surface area contributed by atoms with E-state index < -0.39 is 33.0 Å². The topological polar surface area (TPSA) is 66.5 Å². The zero-order chi connectivity index (χ0) is 22.2. The molecule has 2 aromatic rings. The largest absolute Gasteiger partial charge is 0.341 e. The van der Waals surface area contributed by atoms with Crippen LogP contribution in [0.25, 0.3) is 0 Å². The third-order valence-corrected chi connectivity index (χ3v) is 8.63. The van der Waals surface area contributed by atoms with Gasteiger partial charge in [0.1, 0.15) is 5.82 Å². The number of likely N-dealkylation sites (tertiary alicyclic amines) is 1. The van der Waals surface area contributed by atoms with Crippen molar-refractivity contribution in [1.82, 2.24) is 10.2 Å². The fraction of sp³-hybridized carbons (Fsp3) is 0.458. The molecular formula is C24H29FN2O3S. The van der Waals surface area contributed by atoms with E-state index in [2.05, 4.69) is 19.2 Å². The number of nitrogens with zero attached hydrogens (tertiary/aromatic N) is 1. The number of hydrogen-bond donors (Lipinski definition) is 1. The van der Waals surface area contributed by atoms with E-state index in [1.807, 2.05) is 4.90 Å². The molecule has 2 heterocycles. The summed E-state index contributed by atoms with van der Waals surface area (Å²) in [5, 5.41) is 2.26. The van der Waals surface area contributed by atoms with Gasteiger partial charge in [-0.15, -0.1) is 0 Å². The number of hydrogen-bond acceptors (Lipinski definition) is 4. The van der Waals surface area contributed by atoms with Crippen molar-refractivity contribution in [2.75, 3.05) is 13.1 Å². The fourth-order valence-corrected chi connectivity index (χ4v) is 6.79. The van der Waals surface area contributed by atoms with Crippen molar-refractivity contribution in [2.45, 2.75) is 55.3 Å². The van der Waals surface area contributed by atoms with E-state index in [-0.39, 0.29) is 28.2 Å². The average molecular weight is 445 g/mol. The van der Waals surface area contributed by atoms with Gasteiger partial charge in [-0.1, -0.05) is 50.2 Å². The molecule has 1 N–H and O–H groups in total. The number of carbonyl (C=O) groups is 1. The molecule has 0 bridgehead atoms. The van der Waals surface area contributed by atoms with Crippen LogP contribution in [0.5, 0.6) is 0 Å². The minimum absolute atomic E-state index is 0.0347. The second kappa shape index (κ2) is 8.36. The summed E-state index contributed by atoms with van der Waals surface area (Å²) in [6.45, 7) is 5.59. The normalized spacial score (nSPS) is 26.0. The van der Waals surface area contributed by atoms with Crippen LogP contribution in [0.4, 0.5) is 4.39 Å². The van der Waals surface area contributed by atoms with E-state index in [0.29, 0.717) is 13.1 Å². The van der Waals surface area contributed by atoms with Crippen LogP contribution in [0.15, 0.2) is 59.5 Å². The predicted molar refractivity (Wildman–Crippen MR) is 118 cm³/mol. The second-order valence-corrected chi connectivity index (χ2v) is 11.5. The highest BCUT2D eigenvalue weighted by atomic mass is 32.2. The van der Waals surface area contributed by atoms with Crippen molar-refractivity contribution < 1.29 is 17.6 Å². The van der Waals surface area contributed by atoms with Crippen LogP contribution in [-0.4, -0.2) is 43.6 Å². The highest BCUT2D eigenvalue weighted by Crippen LogP contribution is 2.38. The maximum absolute atomic E-state index is 14.7. The lowest BCUT2D eigenvalue weighted by molar-refractivity contribution is -0.136. The smallest absolute Gasteiger partial charge is 0.239 e. The number of sulfone groups is 1. The first-order chi connectivity index (χ1) is 14.7.